The Labute approximate surface area is 472 Å². The van der Waals surface area contributed by atoms with Gasteiger partial charge in [0.1, 0.15) is 0 Å². The molecule has 5 aliphatic rings. The van der Waals surface area contributed by atoms with E-state index >= 15 is 0 Å². The second-order valence-corrected chi connectivity index (χ2v) is 18.7. The zero-order chi connectivity index (χ0) is 53.9. The number of rotatable bonds is 6. The molecule has 2 heteroatoms. The molecule has 1 unspecified atom stereocenters. The maximum Gasteiger partial charge on any atom is 0.0240 e. The monoisotopic (exact) mass is 1040 g/mol. The number of hydrogen-bond donors (Lipinski definition) is 0. The number of fused-ring (bicyclic) bond motifs is 7. The first kappa shape index (κ1) is 90.6. The van der Waals surface area contributed by atoms with Crippen LogP contribution in [0, 0.1) is 35.5 Å². The van der Waals surface area contributed by atoms with Gasteiger partial charge in [0.25, 0.3) is 0 Å². The first-order chi connectivity index (χ1) is 33.3. The zero-order valence-electron chi connectivity index (χ0n) is 51.2. The molecule has 0 amide bonds. The lowest BCUT2D eigenvalue weighted by Gasteiger charge is -2.67. The fourth-order valence-electron chi connectivity index (χ4n) is 9.24. The molecule has 8 rings (SSSR count). The van der Waals surface area contributed by atoms with Crippen molar-refractivity contribution in [3.8, 4) is 11.1 Å². The molecule has 0 N–H and O–H groups in total. The zero-order valence-corrected chi connectivity index (χ0v) is 51.2. The van der Waals surface area contributed by atoms with Crippen LogP contribution in [0.2, 0.25) is 0 Å². The summed E-state index contributed by atoms with van der Waals surface area (Å²) in [6, 6.07) is 26.2. The SMILES string of the molecule is C.C.C.C.C.C1=CCC=C1.CC.CC.CC.CCC.CCC.CCC.CCC.CCC.CCN(C)CC.CCc1cc(CC)cc(CN2C3[C@@H]4[C@H](C)[C@H](C)[C@@H]4[C@@H]3[C@H](C)[C@@H]2C)c1.c1ccc2c(c1)Cc1ccccc1-2. The van der Waals surface area contributed by atoms with Crippen molar-refractivity contribution in [1.29, 1.82) is 0 Å². The summed E-state index contributed by atoms with van der Waals surface area (Å²) in [4.78, 5) is 5.13. The van der Waals surface area contributed by atoms with E-state index < -0.39 is 0 Å². The van der Waals surface area contributed by atoms with E-state index in [1.807, 2.05) is 41.5 Å². The molecule has 74 heavy (non-hydrogen) atoms. The van der Waals surface area contributed by atoms with Crippen LogP contribution in [0.25, 0.3) is 11.1 Å². The summed E-state index contributed by atoms with van der Waals surface area (Å²) in [5.41, 5.74) is 10.3. The van der Waals surface area contributed by atoms with E-state index in [0.29, 0.717) is 0 Å². The van der Waals surface area contributed by atoms with Crippen molar-refractivity contribution >= 4 is 0 Å². The van der Waals surface area contributed by atoms with Gasteiger partial charge >= 0.3 is 0 Å². The molecule has 1 aliphatic heterocycles. The Morgan fingerprint density at radius 2 is 0.757 bits per heavy atom. The van der Waals surface area contributed by atoms with Gasteiger partial charge in [0.05, 0.1) is 0 Å². The third-order valence-corrected chi connectivity index (χ3v) is 12.7. The van der Waals surface area contributed by atoms with Crippen molar-refractivity contribution in [2.75, 3.05) is 20.1 Å². The largest absolute Gasteiger partial charge is 0.307 e. The number of aryl methyl sites for hydroxylation is 2. The fraction of sp³-hybridized carbons (Fsp3) is 0.694. The lowest BCUT2D eigenvalue weighted by atomic mass is 9.40. The smallest absolute Gasteiger partial charge is 0.0240 e. The minimum absolute atomic E-state index is 0. The molecule has 0 spiro atoms. The quantitative estimate of drug-likeness (QED) is 0.190. The molecule has 4 aliphatic carbocycles. The van der Waals surface area contributed by atoms with Crippen molar-refractivity contribution in [2.45, 2.75) is 280 Å². The molecule has 8 atom stereocenters. The van der Waals surface area contributed by atoms with E-state index in [9.17, 15) is 0 Å². The van der Waals surface area contributed by atoms with E-state index in [1.54, 1.807) is 5.56 Å². The predicted octanol–water partition coefficient (Wildman–Crippen LogP) is 24.2. The minimum atomic E-state index is 0. The van der Waals surface area contributed by atoms with Gasteiger partial charge in [-0.25, -0.2) is 0 Å². The van der Waals surface area contributed by atoms with Crippen LogP contribution in [-0.4, -0.2) is 42.0 Å². The van der Waals surface area contributed by atoms with Gasteiger partial charge in [-0.05, 0) is 127 Å². The van der Waals surface area contributed by atoms with Gasteiger partial charge in [-0.15, -0.1) is 0 Å². The number of allylic oxidation sites excluding steroid dienone is 4. The standard InChI is InChI=1S/C23H35N.C13H10.C5H13N.C5H6.5C3H8.3C2H6.5CH4/c1-7-17-9-18(8-2)11-19(10-17)12-24-16(6)15(5)22-20-13(3)14(4)21(20)23(22)24;1-3-7-12-10(5-1)9-11-6-2-4-8-13(11)12;1-4-6(3)5-2;1-2-4-5-3-1;5*1-3-2;3*1-2;;;;;/h9-11,13-16,20-23H,7-8,12H2,1-6H3;1-8H,9H2;4-5H2,1-3H3;1-4H,5H2;5*3H2,1-2H3;3*1-2H3;5*1H4/t13-,14+,15+,16-,20-,21+,22-,23?;;;;;;;;;;;;;;;;/m0................/s1. The van der Waals surface area contributed by atoms with Crippen LogP contribution in [-0.2, 0) is 25.8 Å². The van der Waals surface area contributed by atoms with Crippen LogP contribution < -0.4 is 0 Å². The van der Waals surface area contributed by atoms with Crippen molar-refractivity contribution in [1.82, 2.24) is 9.80 Å². The van der Waals surface area contributed by atoms with E-state index in [2.05, 4.69) is 233 Å². The Hall–Kier alpha value is -2.94. The van der Waals surface area contributed by atoms with Crippen molar-refractivity contribution in [3.05, 3.63) is 119 Å². The minimum Gasteiger partial charge on any atom is -0.307 e. The molecule has 1 saturated heterocycles. The molecule has 3 aromatic carbocycles. The van der Waals surface area contributed by atoms with E-state index in [-0.39, 0.29) is 37.1 Å². The van der Waals surface area contributed by atoms with Gasteiger partial charge in [-0.3, -0.25) is 4.90 Å². The van der Waals surface area contributed by atoms with Crippen LogP contribution in [0.1, 0.15) is 270 Å². The molecule has 3 aromatic rings. The van der Waals surface area contributed by atoms with E-state index in [1.165, 1.54) is 65.5 Å². The molecular weight excluding hydrogens is 893 g/mol. The Bertz CT molecular complexity index is 1530. The molecule has 1 heterocycles. The molecular formula is C72H142N2. The molecule has 0 aromatic heterocycles. The summed E-state index contributed by atoms with van der Waals surface area (Å²) >= 11 is 0. The molecule has 0 bridgehead atoms. The molecule has 2 saturated carbocycles. The summed E-state index contributed by atoms with van der Waals surface area (Å²) in [5, 5.41) is 0. The van der Waals surface area contributed by atoms with E-state index in [4.69, 9.17) is 0 Å². The highest BCUT2D eigenvalue weighted by molar-refractivity contribution is 5.76. The maximum absolute atomic E-state index is 2.88. The highest BCUT2D eigenvalue weighted by Gasteiger charge is 2.69. The van der Waals surface area contributed by atoms with Gasteiger partial charge in [0, 0.05) is 18.6 Å². The molecule has 0 radical (unpaired) electrons. The fourth-order valence-corrected chi connectivity index (χ4v) is 9.24. The normalized spacial score (nSPS) is 19.8. The third-order valence-electron chi connectivity index (χ3n) is 12.7. The average molecular weight is 1040 g/mol. The van der Waals surface area contributed by atoms with Gasteiger partial charge in [0.2, 0.25) is 0 Å². The Balaban J connectivity index is -0.000000103. The summed E-state index contributed by atoms with van der Waals surface area (Å²) in [6.45, 7) is 55.6. The van der Waals surface area contributed by atoms with Crippen LogP contribution in [0.3, 0.4) is 0 Å². The average Bonchev–Trinajstić information content (AvgIpc) is 4.12. The second-order valence-electron chi connectivity index (χ2n) is 18.7. The molecule has 2 nitrogen and oxygen atoms in total. The molecule has 3 fully saturated rings. The van der Waals surface area contributed by atoms with Gasteiger partial charge < -0.3 is 4.90 Å². The molecule has 440 valence electrons. The summed E-state index contributed by atoms with van der Waals surface area (Å²) in [6.07, 6.45) is 19.2. The number of nitrogens with zero attached hydrogens (tertiary/aromatic N) is 2. The topological polar surface area (TPSA) is 6.48 Å². The Morgan fingerprint density at radius 3 is 1.05 bits per heavy atom. The first-order valence-corrected chi connectivity index (χ1v) is 29.3. The van der Waals surface area contributed by atoms with Crippen molar-refractivity contribution < 1.29 is 0 Å². The lowest BCUT2D eigenvalue weighted by Crippen LogP contribution is -2.68. The first-order valence-electron chi connectivity index (χ1n) is 29.3. The van der Waals surface area contributed by atoms with Crippen LogP contribution in [0.5, 0.6) is 0 Å². The highest BCUT2D eigenvalue weighted by atomic mass is 15.3. The van der Waals surface area contributed by atoms with Crippen LogP contribution in [0.15, 0.2) is 91.0 Å². The number of hydrogen-bond acceptors (Lipinski definition) is 2. The highest BCUT2D eigenvalue weighted by Crippen LogP contribution is 2.68. The maximum atomic E-state index is 2.88. The number of likely N-dealkylation sites (tertiary alicyclic amines) is 1. The van der Waals surface area contributed by atoms with Gasteiger partial charge in [0.15, 0.2) is 0 Å². The Kier molecular flexibility index (Phi) is 72.6. The van der Waals surface area contributed by atoms with E-state index in [0.717, 1.165) is 92.9 Å². The van der Waals surface area contributed by atoms with Crippen molar-refractivity contribution in [2.24, 2.45) is 35.5 Å². The van der Waals surface area contributed by atoms with Gasteiger partial charge in [-0.2, -0.15) is 0 Å². The van der Waals surface area contributed by atoms with Gasteiger partial charge in [-0.1, -0.05) is 320 Å². The lowest BCUT2D eigenvalue weighted by molar-refractivity contribution is -0.185. The summed E-state index contributed by atoms with van der Waals surface area (Å²) < 4.78 is 0. The second kappa shape index (κ2) is 59.3. The van der Waals surface area contributed by atoms with Crippen LogP contribution >= 0.6 is 0 Å². The summed E-state index contributed by atoms with van der Waals surface area (Å²) in [7, 11) is 2.11. The summed E-state index contributed by atoms with van der Waals surface area (Å²) in [5.74, 6) is 5.74. The third kappa shape index (κ3) is 32.0. The van der Waals surface area contributed by atoms with Crippen LogP contribution in [0.4, 0.5) is 0 Å². The Morgan fingerprint density at radius 1 is 0.446 bits per heavy atom. The predicted molar refractivity (Wildman–Crippen MR) is 356 cm³/mol. The number of benzene rings is 3. The van der Waals surface area contributed by atoms with Crippen molar-refractivity contribution in [3.63, 3.8) is 0 Å².